The largest absolute Gasteiger partial charge is 0.473 e. The van der Waals surface area contributed by atoms with Crippen molar-refractivity contribution < 1.29 is 34.2 Å². The first-order chi connectivity index (χ1) is 19.0. The molecule has 1 aliphatic carbocycles. The summed E-state index contributed by atoms with van der Waals surface area (Å²) in [6.07, 6.45) is 9.78. The van der Waals surface area contributed by atoms with Gasteiger partial charge >= 0.3 is 18.0 Å². The summed E-state index contributed by atoms with van der Waals surface area (Å²) in [5.41, 5.74) is 1.29. The molecule has 12 heteroatoms. The SMILES string of the molecule is CC(C)N1CN(C(=O)NC2CCN(CCC34C=CC=CC3C(=O)NC4=O)CC2)c2ccccc21.O=C(O)C(=O)O. The summed E-state index contributed by atoms with van der Waals surface area (Å²) in [5, 5.41) is 20.5. The summed E-state index contributed by atoms with van der Waals surface area (Å²) in [6.45, 7) is 7.30. The lowest BCUT2D eigenvalue weighted by Gasteiger charge is -2.36. The Labute approximate surface area is 232 Å². The van der Waals surface area contributed by atoms with Crippen molar-refractivity contribution in [3.05, 3.63) is 48.6 Å². The van der Waals surface area contributed by atoms with Gasteiger partial charge in [0.15, 0.2) is 0 Å². The van der Waals surface area contributed by atoms with Crippen LogP contribution in [0, 0.1) is 11.3 Å². The predicted octanol–water partition coefficient (Wildman–Crippen LogP) is 1.78. The van der Waals surface area contributed by atoms with Gasteiger partial charge in [-0.15, -0.1) is 0 Å². The number of aliphatic carboxylic acids is 2. The fourth-order valence-electron chi connectivity index (χ4n) is 5.63. The highest BCUT2D eigenvalue weighted by Crippen LogP contribution is 2.42. The minimum atomic E-state index is -1.82. The summed E-state index contributed by atoms with van der Waals surface area (Å²) >= 11 is 0. The summed E-state index contributed by atoms with van der Waals surface area (Å²) in [5.74, 6) is -4.45. The Hall–Kier alpha value is -4.19. The molecule has 0 aromatic heterocycles. The molecule has 0 bridgehead atoms. The van der Waals surface area contributed by atoms with Gasteiger partial charge in [0.25, 0.3) is 0 Å². The summed E-state index contributed by atoms with van der Waals surface area (Å²) in [7, 11) is 0. The van der Waals surface area contributed by atoms with Gasteiger partial charge < -0.3 is 25.3 Å². The van der Waals surface area contributed by atoms with E-state index in [-0.39, 0.29) is 23.9 Å². The van der Waals surface area contributed by atoms with Crippen molar-refractivity contribution in [3.8, 4) is 0 Å². The lowest BCUT2D eigenvalue weighted by atomic mass is 9.72. The van der Waals surface area contributed by atoms with Crippen LogP contribution in [0.25, 0.3) is 0 Å². The number of anilines is 2. The average molecular weight is 554 g/mol. The highest BCUT2D eigenvalue weighted by molar-refractivity contribution is 6.27. The molecule has 1 aromatic carbocycles. The Morgan fingerprint density at radius 2 is 1.70 bits per heavy atom. The number of carboxylic acids is 2. The van der Waals surface area contributed by atoms with E-state index in [0.29, 0.717) is 19.1 Å². The number of allylic oxidation sites excluding steroid dienone is 2. The highest BCUT2D eigenvalue weighted by atomic mass is 16.4. The van der Waals surface area contributed by atoms with Gasteiger partial charge in [-0.05, 0) is 51.8 Å². The number of likely N-dealkylation sites (tertiary alicyclic amines) is 1. The Bertz CT molecular complexity index is 1230. The van der Waals surface area contributed by atoms with E-state index >= 15 is 0 Å². The van der Waals surface area contributed by atoms with E-state index in [0.717, 1.165) is 43.9 Å². The van der Waals surface area contributed by atoms with Gasteiger partial charge in [-0.1, -0.05) is 36.4 Å². The maximum absolute atomic E-state index is 13.1. The van der Waals surface area contributed by atoms with Crippen molar-refractivity contribution >= 4 is 41.2 Å². The monoisotopic (exact) mass is 553 g/mol. The number of imide groups is 1. The summed E-state index contributed by atoms with van der Waals surface area (Å²) < 4.78 is 0. The molecule has 2 atom stereocenters. The van der Waals surface area contributed by atoms with Crippen molar-refractivity contribution in [3.63, 3.8) is 0 Å². The molecule has 40 heavy (non-hydrogen) atoms. The predicted molar refractivity (Wildman–Crippen MR) is 147 cm³/mol. The lowest BCUT2D eigenvalue weighted by molar-refractivity contribution is -0.159. The molecule has 4 amide bonds. The summed E-state index contributed by atoms with van der Waals surface area (Å²) in [6, 6.07) is 8.46. The van der Waals surface area contributed by atoms with E-state index in [1.54, 1.807) is 0 Å². The highest BCUT2D eigenvalue weighted by Gasteiger charge is 2.52. The number of para-hydroxylation sites is 2. The molecule has 4 aliphatic rings. The number of amides is 4. The molecule has 1 aromatic rings. The molecule has 0 saturated carbocycles. The Morgan fingerprint density at radius 1 is 1.05 bits per heavy atom. The molecule has 0 radical (unpaired) electrons. The Morgan fingerprint density at radius 3 is 2.33 bits per heavy atom. The lowest BCUT2D eigenvalue weighted by Crippen LogP contribution is -2.51. The molecular formula is C28H35N5O7. The minimum Gasteiger partial charge on any atom is -0.473 e. The number of nitrogens with zero attached hydrogens (tertiary/aromatic N) is 3. The molecule has 2 fully saturated rings. The van der Waals surface area contributed by atoms with Crippen molar-refractivity contribution in [2.75, 3.05) is 36.1 Å². The van der Waals surface area contributed by atoms with Crippen LogP contribution in [0.4, 0.5) is 16.2 Å². The number of piperidine rings is 1. The number of benzene rings is 1. The van der Waals surface area contributed by atoms with Gasteiger partial charge in [0.2, 0.25) is 11.8 Å². The molecule has 2 saturated heterocycles. The van der Waals surface area contributed by atoms with E-state index in [2.05, 4.69) is 40.3 Å². The van der Waals surface area contributed by atoms with Crippen LogP contribution in [-0.2, 0) is 19.2 Å². The van der Waals surface area contributed by atoms with E-state index < -0.39 is 23.3 Å². The van der Waals surface area contributed by atoms with Crippen LogP contribution in [0.15, 0.2) is 48.6 Å². The van der Waals surface area contributed by atoms with Crippen molar-refractivity contribution in [1.29, 1.82) is 0 Å². The van der Waals surface area contributed by atoms with E-state index in [9.17, 15) is 14.4 Å². The zero-order valence-corrected chi connectivity index (χ0v) is 22.6. The normalized spacial score (nSPS) is 23.8. The van der Waals surface area contributed by atoms with Crippen LogP contribution in [0.5, 0.6) is 0 Å². The molecule has 4 N–H and O–H groups in total. The molecule has 2 unspecified atom stereocenters. The Balaban J connectivity index is 0.000000557. The minimum absolute atomic E-state index is 0.0453. The third-order valence-corrected chi connectivity index (χ3v) is 7.89. The van der Waals surface area contributed by atoms with E-state index in [4.69, 9.17) is 19.8 Å². The first kappa shape index (κ1) is 28.8. The molecule has 3 heterocycles. The Kier molecular flexibility index (Phi) is 8.58. The molecule has 3 aliphatic heterocycles. The molecule has 0 spiro atoms. The number of carbonyl (C=O) groups excluding carboxylic acids is 3. The maximum atomic E-state index is 13.1. The van der Waals surface area contributed by atoms with Gasteiger partial charge in [-0.3, -0.25) is 19.8 Å². The number of carbonyl (C=O) groups is 5. The standard InChI is InChI=1S/C26H33N5O3.C2H2O4/c1-18(2)30-17-31(22-9-4-3-8-21(22)30)25(34)27-19-10-14-29(15-11-19)16-13-26-12-6-5-7-20(26)23(32)28-24(26)33;3-1(4)2(5)6/h3-9,12,18-20H,10-11,13-17H2,1-2H3,(H,27,34)(H,28,32,33);(H,3,4)(H,5,6). The zero-order chi connectivity index (χ0) is 29.0. The van der Waals surface area contributed by atoms with Gasteiger partial charge in [0, 0.05) is 25.2 Å². The number of fused-ring (bicyclic) bond motifs is 2. The topological polar surface area (TPSA) is 160 Å². The van der Waals surface area contributed by atoms with Crippen LogP contribution in [0.1, 0.15) is 33.1 Å². The second-order valence-electron chi connectivity index (χ2n) is 10.6. The van der Waals surface area contributed by atoms with Gasteiger partial charge in [-0.25, -0.2) is 14.4 Å². The van der Waals surface area contributed by atoms with Crippen LogP contribution >= 0.6 is 0 Å². The first-order valence-corrected chi connectivity index (χ1v) is 13.4. The fourth-order valence-corrected chi connectivity index (χ4v) is 5.63. The van der Waals surface area contributed by atoms with Crippen molar-refractivity contribution in [2.24, 2.45) is 11.3 Å². The van der Waals surface area contributed by atoms with Crippen LogP contribution < -0.4 is 20.4 Å². The first-order valence-electron chi connectivity index (χ1n) is 13.4. The smallest absolute Gasteiger partial charge is 0.414 e. The molecule has 5 rings (SSSR count). The third kappa shape index (κ3) is 5.86. The van der Waals surface area contributed by atoms with Crippen LogP contribution in [0.2, 0.25) is 0 Å². The number of rotatable bonds is 5. The number of urea groups is 1. The van der Waals surface area contributed by atoms with E-state index in [1.807, 2.05) is 47.4 Å². The number of carboxylic acid groups (broad SMARTS) is 2. The van der Waals surface area contributed by atoms with Gasteiger partial charge in [-0.2, -0.15) is 0 Å². The van der Waals surface area contributed by atoms with Gasteiger partial charge in [0.05, 0.1) is 22.7 Å². The quantitative estimate of drug-likeness (QED) is 0.315. The second-order valence-corrected chi connectivity index (χ2v) is 10.6. The zero-order valence-electron chi connectivity index (χ0n) is 22.6. The van der Waals surface area contributed by atoms with Crippen LogP contribution in [-0.4, -0.2) is 83.3 Å². The number of hydrogen-bond donors (Lipinski definition) is 4. The fraction of sp³-hybridized carbons (Fsp3) is 0.464. The molecule has 214 valence electrons. The van der Waals surface area contributed by atoms with E-state index in [1.165, 1.54) is 0 Å². The van der Waals surface area contributed by atoms with Crippen LogP contribution in [0.3, 0.4) is 0 Å². The second kappa shape index (κ2) is 11.9. The third-order valence-electron chi connectivity index (χ3n) is 7.89. The number of hydrogen-bond acceptors (Lipinski definition) is 7. The average Bonchev–Trinajstić information content (AvgIpc) is 3.44. The number of nitrogens with one attached hydrogen (secondary N) is 2. The van der Waals surface area contributed by atoms with Crippen molar-refractivity contribution in [2.45, 2.75) is 45.2 Å². The van der Waals surface area contributed by atoms with Crippen molar-refractivity contribution in [1.82, 2.24) is 15.5 Å². The summed E-state index contributed by atoms with van der Waals surface area (Å²) in [4.78, 5) is 62.5. The molecule has 12 nitrogen and oxygen atoms in total. The maximum Gasteiger partial charge on any atom is 0.414 e. The molecular weight excluding hydrogens is 518 g/mol. The van der Waals surface area contributed by atoms with Gasteiger partial charge in [0.1, 0.15) is 6.67 Å².